The summed E-state index contributed by atoms with van der Waals surface area (Å²) in [5.41, 5.74) is 2.75. The summed E-state index contributed by atoms with van der Waals surface area (Å²) in [5.74, 6) is 0.0599. The molecule has 1 spiro atoms. The van der Waals surface area contributed by atoms with Crippen LogP contribution in [0.15, 0.2) is 16.4 Å². The number of nitrogens with zero attached hydrogens (tertiary/aromatic N) is 1. The van der Waals surface area contributed by atoms with E-state index in [1.807, 2.05) is 0 Å². The van der Waals surface area contributed by atoms with Crippen LogP contribution in [0.1, 0.15) is 70.6 Å². The van der Waals surface area contributed by atoms with Crippen molar-refractivity contribution >= 4 is 17.9 Å². The van der Waals surface area contributed by atoms with Crippen molar-refractivity contribution in [1.29, 1.82) is 0 Å². The van der Waals surface area contributed by atoms with Gasteiger partial charge in [-0.15, -0.1) is 0 Å². The second-order valence-corrected chi connectivity index (χ2v) is 7.41. The van der Waals surface area contributed by atoms with Gasteiger partial charge in [-0.2, -0.15) is 5.10 Å². The predicted molar refractivity (Wildman–Crippen MR) is 88.0 cm³/mol. The molecule has 0 bridgehead atoms. The predicted octanol–water partition coefficient (Wildman–Crippen LogP) is 3.40. The second-order valence-electron chi connectivity index (χ2n) is 7.41. The van der Waals surface area contributed by atoms with Gasteiger partial charge in [0.1, 0.15) is 5.76 Å². The van der Waals surface area contributed by atoms with E-state index in [9.17, 15) is 14.7 Å². The minimum absolute atomic E-state index is 0.0378. The number of rotatable bonds is 3. The van der Waals surface area contributed by atoms with Gasteiger partial charge in [-0.3, -0.25) is 9.59 Å². The van der Waals surface area contributed by atoms with E-state index in [-0.39, 0.29) is 34.4 Å². The molecule has 2 fully saturated rings. The van der Waals surface area contributed by atoms with Gasteiger partial charge in [0, 0.05) is 18.8 Å². The van der Waals surface area contributed by atoms with Crippen LogP contribution in [0.5, 0.6) is 0 Å². The summed E-state index contributed by atoms with van der Waals surface area (Å²) in [4.78, 5) is 24.3. The molecule has 5 nitrogen and oxygen atoms in total. The van der Waals surface area contributed by atoms with E-state index in [1.165, 1.54) is 12.6 Å². The molecule has 0 atom stereocenters. The number of Topliss-reactive ketones (excluding diaryl/α,β-unsaturated/α-hetero) is 1. The Hall–Kier alpha value is -1.65. The van der Waals surface area contributed by atoms with Gasteiger partial charge in [0.15, 0.2) is 5.78 Å². The van der Waals surface area contributed by atoms with Gasteiger partial charge in [-0.25, -0.2) is 5.43 Å². The van der Waals surface area contributed by atoms with Crippen LogP contribution in [-0.2, 0) is 9.59 Å². The molecule has 23 heavy (non-hydrogen) atoms. The molecule has 0 unspecified atom stereocenters. The van der Waals surface area contributed by atoms with Crippen LogP contribution in [0.4, 0.5) is 0 Å². The number of nitrogens with one attached hydrogen (secondary N) is 1. The molecule has 0 aliphatic heterocycles. The maximum absolute atomic E-state index is 12.4. The smallest absolute Gasteiger partial charge is 0.243 e. The molecule has 0 saturated heterocycles. The van der Waals surface area contributed by atoms with Crippen molar-refractivity contribution in [3.8, 4) is 0 Å². The van der Waals surface area contributed by atoms with Crippen molar-refractivity contribution < 1.29 is 14.7 Å². The first-order chi connectivity index (χ1) is 11.1. The topological polar surface area (TPSA) is 78.8 Å². The monoisotopic (exact) mass is 318 g/mol. The highest BCUT2D eigenvalue weighted by molar-refractivity contribution is 6.14. The van der Waals surface area contributed by atoms with E-state index in [0.29, 0.717) is 12.8 Å². The van der Waals surface area contributed by atoms with Crippen LogP contribution in [0.25, 0.3) is 0 Å². The van der Waals surface area contributed by atoms with Gasteiger partial charge in [-0.1, -0.05) is 32.1 Å². The lowest BCUT2D eigenvalue weighted by Crippen LogP contribution is -2.33. The molecule has 3 aliphatic rings. The van der Waals surface area contributed by atoms with Crippen molar-refractivity contribution in [1.82, 2.24) is 5.43 Å². The van der Waals surface area contributed by atoms with Crippen molar-refractivity contribution in [2.45, 2.75) is 70.6 Å². The van der Waals surface area contributed by atoms with Gasteiger partial charge in [0.2, 0.25) is 5.91 Å². The largest absolute Gasteiger partial charge is 0.511 e. The third kappa shape index (κ3) is 3.65. The third-order valence-electron chi connectivity index (χ3n) is 5.70. The number of aliphatic hydroxyl groups is 1. The summed E-state index contributed by atoms with van der Waals surface area (Å²) in [7, 11) is 0. The summed E-state index contributed by atoms with van der Waals surface area (Å²) in [5, 5.41) is 14.2. The zero-order valence-electron chi connectivity index (χ0n) is 13.6. The van der Waals surface area contributed by atoms with Crippen molar-refractivity contribution in [2.24, 2.45) is 16.4 Å². The van der Waals surface area contributed by atoms with Crippen molar-refractivity contribution in [3.63, 3.8) is 0 Å². The lowest BCUT2D eigenvalue weighted by Gasteiger charge is -2.39. The van der Waals surface area contributed by atoms with Crippen LogP contribution in [0.2, 0.25) is 0 Å². The molecule has 0 aromatic heterocycles. The Labute approximate surface area is 137 Å². The normalized spacial score (nSPS) is 25.5. The lowest BCUT2D eigenvalue weighted by molar-refractivity contribution is -0.124. The summed E-state index contributed by atoms with van der Waals surface area (Å²) in [6, 6.07) is 0. The standard InChI is InChI=1S/C18H26N2O3/c21-15-10-18(8-4-1-5-9-18)11-16(22)14(15)12-19-20-17(23)13-6-2-3-7-13/h12-13,21H,1-11H2,(H,20,23). The Morgan fingerprint density at radius 1 is 1.13 bits per heavy atom. The third-order valence-corrected chi connectivity index (χ3v) is 5.70. The van der Waals surface area contributed by atoms with Gasteiger partial charge < -0.3 is 5.11 Å². The van der Waals surface area contributed by atoms with E-state index in [2.05, 4.69) is 10.5 Å². The fraction of sp³-hybridized carbons (Fsp3) is 0.722. The van der Waals surface area contributed by atoms with Crippen molar-refractivity contribution in [2.75, 3.05) is 0 Å². The molecule has 3 aliphatic carbocycles. The molecular formula is C18H26N2O3. The minimum atomic E-state index is -0.0779. The molecule has 2 saturated carbocycles. The first kappa shape index (κ1) is 16.2. The van der Waals surface area contributed by atoms with Gasteiger partial charge in [-0.05, 0) is 31.1 Å². The molecule has 1 amide bonds. The van der Waals surface area contributed by atoms with Crippen LogP contribution in [0, 0.1) is 11.3 Å². The summed E-state index contributed by atoms with van der Waals surface area (Å²) >= 11 is 0. The highest BCUT2D eigenvalue weighted by Gasteiger charge is 2.40. The molecule has 5 heteroatoms. The van der Waals surface area contributed by atoms with Crippen LogP contribution in [0.3, 0.4) is 0 Å². The number of hydrogen-bond donors (Lipinski definition) is 2. The van der Waals surface area contributed by atoms with E-state index in [1.54, 1.807) is 0 Å². The van der Waals surface area contributed by atoms with E-state index in [4.69, 9.17) is 0 Å². The second kappa shape index (κ2) is 6.85. The maximum Gasteiger partial charge on any atom is 0.243 e. The Morgan fingerprint density at radius 3 is 2.48 bits per heavy atom. The zero-order chi connectivity index (χ0) is 16.3. The van der Waals surface area contributed by atoms with E-state index in [0.717, 1.165) is 51.4 Å². The van der Waals surface area contributed by atoms with Gasteiger partial charge >= 0.3 is 0 Å². The first-order valence-electron chi connectivity index (χ1n) is 8.88. The van der Waals surface area contributed by atoms with E-state index < -0.39 is 0 Å². The molecule has 2 N–H and O–H groups in total. The SMILES string of the molecule is O=C1CC2(CCCCC2)CC(O)=C1C=NNC(=O)C1CCCC1. The fourth-order valence-corrected chi connectivity index (χ4v) is 4.35. The highest BCUT2D eigenvalue weighted by atomic mass is 16.3. The summed E-state index contributed by atoms with van der Waals surface area (Å²) in [6.45, 7) is 0. The number of hydrogen-bond acceptors (Lipinski definition) is 4. The maximum atomic E-state index is 12.4. The molecule has 126 valence electrons. The first-order valence-corrected chi connectivity index (χ1v) is 8.88. The number of amides is 1. The molecule has 0 heterocycles. The zero-order valence-corrected chi connectivity index (χ0v) is 13.6. The Morgan fingerprint density at radius 2 is 1.83 bits per heavy atom. The molecule has 0 aromatic rings. The molecule has 3 rings (SSSR count). The average molecular weight is 318 g/mol. The van der Waals surface area contributed by atoms with Crippen LogP contribution < -0.4 is 5.43 Å². The Balaban J connectivity index is 1.62. The fourth-order valence-electron chi connectivity index (χ4n) is 4.35. The van der Waals surface area contributed by atoms with Crippen molar-refractivity contribution in [3.05, 3.63) is 11.3 Å². The van der Waals surface area contributed by atoms with Gasteiger partial charge in [0.25, 0.3) is 0 Å². The highest BCUT2D eigenvalue weighted by Crippen LogP contribution is 2.47. The molecule has 0 radical (unpaired) electrons. The summed E-state index contributed by atoms with van der Waals surface area (Å²) < 4.78 is 0. The number of ketones is 1. The Kier molecular flexibility index (Phi) is 4.83. The van der Waals surface area contributed by atoms with Crippen LogP contribution >= 0.6 is 0 Å². The number of aliphatic hydroxyl groups excluding tert-OH is 1. The van der Waals surface area contributed by atoms with E-state index >= 15 is 0 Å². The minimum Gasteiger partial charge on any atom is -0.511 e. The molecule has 0 aromatic carbocycles. The average Bonchev–Trinajstić information content (AvgIpc) is 3.05. The number of allylic oxidation sites excluding steroid dienone is 2. The van der Waals surface area contributed by atoms with Gasteiger partial charge in [0.05, 0.1) is 11.8 Å². The number of carbonyl (C=O) groups is 2. The number of carbonyl (C=O) groups excluding carboxylic acids is 2. The lowest BCUT2D eigenvalue weighted by atomic mass is 9.65. The number of hydrazone groups is 1. The van der Waals surface area contributed by atoms with Crippen LogP contribution in [-0.4, -0.2) is 23.0 Å². The quantitative estimate of drug-likeness (QED) is 0.618. The summed E-state index contributed by atoms with van der Waals surface area (Å²) in [6.07, 6.45) is 11.9. The molecular weight excluding hydrogens is 292 g/mol. The Bertz CT molecular complexity index is 538.